The molecule has 1 aliphatic heterocycles. The summed E-state index contributed by atoms with van der Waals surface area (Å²) in [6.45, 7) is 2.93. The van der Waals surface area contributed by atoms with Crippen LogP contribution in [0.3, 0.4) is 0 Å². The second-order valence-electron chi connectivity index (χ2n) is 4.81. The molecular weight excluding hydrogens is 210 g/mol. The van der Waals surface area contributed by atoms with Gasteiger partial charge in [0.15, 0.2) is 0 Å². The number of rotatable bonds is 6. The molecule has 0 radical (unpaired) electrons. The summed E-state index contributed by atoms with van der Waals surface area (Å²) in [5.74, 6) is 0. The molecule has 0 aliphatic carbocycles. The third kappa shape index (κ3) is 4.88. The molecule has 2 rings (SSSR count). The van der Waals surface area contributed by atoms with Crippen molar-refractivity contribution in [2.75, 3.05) is 19.8 Å². The zero-order chi connectivity index (χ0) is 11.8. The van der Waals surface area contributed by atoms with Crippen molar-refractivity contribution in [3.05, 3.63) is 35.9 Å². The molecule has 0 amide bonds. The lowest BCUT2D eigenvalue weighted by atomic mass is 10.1. The van der Waals surface area contributed by atoms with E-state index in [1.54, 1.807) is 0 Å². The highest BCUT2D eigenvalue weighted by atomic mass is 16.5. The van der Waals surface area contributed by atoms with Crippen LogP contribution in [-0.4, -0.2) is 25.8 Å². The molecule has 0 aromatic heterocycles. The maximum Gasteiger partial charge on any atom is 0.0619 e. The molecule has 1 aliphatic rings. The third-order valence-corrected chi connectivity index (χ3v) is 3.33. The van der Waals surface area contributed by atoms with E-state index in [4.69, 9.17) is 4.74 Å². The highest BCUT2D eigenvalue weighted by molar-refractivity contribution is 5.14. The summed E-state index contributed by atoms with van der Waals surface area (Å²) >= 11 is 0. The van der Waals surface area contributed by atoms with E-state index in [-0.39, 0.29) is 0 Å². The molecule has 1 heterocycles. The van der Waals surface area contributed by atoms with E-state index < -0.39 is 0 Å². The molecule has 2 heteroatoms. The van der Waals surface area contributed by atoms with Crippen molar-refractivity contribution in [2.24, 2.45) is 0 Å². The van der Waals surface area contributed by atoms with Crippen LogP contribution >= 0.6 is 0 Å². The standard InChI is InChI=1S/C15H23NO/c1-2-7-14(8-3-1)9-6-12-17-13-15-10-4-5-11-16-15/h1-3,7-8,15-16H,4-6,9-13H2/t15-/m1/s1. The molecule has 0 unspecified atom stereocenters. The fourth-order valence-electron chi connectivity index (χ4n) is 2.31. The average Bonchev–Trinajstić information content (AvgIpc) is 2.41. The summed E-state index contributed by atoms with van der Waals surface area (Å²) in [6.07, 6.45) is 6.20. The Bertz CT molecular complexity index is 293. The van der Waals surface area contributed by atoms with Gasteiger partial charge in [-0.25, -0.2) is 0 Å². The number of ether oxygens (including phenoxy) is 1. The Balaban J connectivity index is 1.51. The molecule has 94 valence electrons. The van der Waals surface area contributed by atoms with E-state index >= 15 is 0 Å². The summed E-state index contributed by atoms with van der Waals surface area (Å²) in [7, 11) is 0. The second-order valence-corrected chi connectivity index (χ2v) is 4.81. The van der Waals surface area contributed by atoms with Gasteiger partial charge in [-0.3, -0.25) is 0 Å². The van der Waals surface area contributed by atoms with E-state index in [0.29, 0.717) is 6.04 Å². The van der Waals surface area contributed by atoms with E-state index in [9.17, 15) is 0 Å². The number of nitrogens with one attached hydrogen (secondary N) is 1. The first-order valence-electron chi connectivity index (χ1n) is 6.80. The van der Waals surface area contributed by atoms with Crippen LogP contribution in [0.2, 0.25) is 0 Å². The van der Waals surface area contributed by atoms with Gasteiger partial charge in [-0.2, -0.15) is 0 Å². The van der Waals surface area contributed by atoms with Crippen LogP contribution in [-0.2, 0) is 11.2 Å². The van der Waals surface area contributed by atoms with Crippen LogP contribution in [0.15, 0.2) is 30.3 Å². The molecule has 1 atom stereocenters. The van der Waals surface area contributed by atoms with Gasteiger partial charge in [0.2, 0.25) is 0 Å². The topological polar surface area (TPSA) is 21.3 Å². The minimum absolute atomic E-state index is 0.598. The minimum Gasteiger partial charge on any atom is -0.380 e. The Hall–Kier alpha value is -0.860. The van der Waals surface area contributed by atoms with Crippen molar-refractivity contribution in [3.63, 3.8) is 0 Å². The van der Waals surface area contributed by atoms with Gasteiger partial charge in [-0.05, 0) is 37.8 Å². The van der Waals surface area contributed by atoms with E-state index in [0.717, 1.165) is 32.6 Å². The third-order valence-electron chi connectivity index (χ3n) is 3.33. The SMILES string of the molecule is c1ccc(CCCOC[C@H]2CCCCN2)cc1. The maximum atomic E-state index is 5.73. The van der Waals surface area contributed by atoms with Crippen LogP contribution in [0.5, 0.6) is 0 Å². The smallest absolute Gasteiger partial charge is 0.0619 e. The normalized spacial score (nSPS) is 20.4. The largest absolute Gasteiger partial charge is 0.380 e. The van der Waals surface area contributed by atoms with Crippen molar-refractivity contribution in [3.8, 4) is 0 Å². The highest BCUT2D eigenvalue weighted by Crippen LogP contribution is 2.07. The lowest BCUT2D eigenvalue weighted by Crippen LogP contribution is -2.37. The van der Waals surface area contributed by atoms with Gasteiger partial charge in [-0.15, -0.1) is 0 Å². The Labute approximate surface area is 104 Å². The van der Waals surface area contributed by atoms with Gasteiger partial charge in [-0.1, -0.05) is 36.8 Å². The van der Waals surface area contributed by atoms with Gasteiger partial charge in [0, 0.05) is 12.6 Å². The lowest BCUT2D eigenvalue weighted by molar-refractivity contribution is 0.101. The Morgan fingerprint density at radius 3 is 2.82 bits per heavy atom. The first-order chi connectivity index (χ1) is 8.45. The molecule has 0 spiro atoms. The van der Waals surface area contributed by atoms with Crippen molar-refractivity contribution in [1.82, 2.24) is 5.32 Å². The van der Waals surface area contributed by atoms with Crippen LogP contribution in [0.1, 0.15) is 31.2 Å². The van der Waals surface area contributed by atoms with Crippen LogP contribution in [0, 0.1) is 0 Å². The van der Waals surface area contributed by atoms with Gasteiger partial charge in [0.05, 0.1) is 6.61 Å². The first-order valence-corrected chi connectivity index (χ1v) is 6.80. The van der Waals surface area contributed by atoms with Crippen LogP contribution < -0.4 is 5.32 Å². The lowest BCUT2D eigenvalue weighted by Gasteiger charge is -2.23. The fraction of sp³-hybridized carbons (Fsp3) is 0.600. The highest BCUT2D eigenvalue weighted by Gasteiger charge is 2.11. The molecule has 1 fully saturated rings. The fourth-order valence-corrected chi connectivity index (χ4v) is 2.31. The summed E-state index contributed by atoms with van der Waals surface area (Å²) in [5.41, 5.74) is 1.41. The molecule has 17 heavy (non-hydrogen) atoms. The van der Waals surface area contributed by atoms with Gasteiger partial charge < -0.3 is 10.1 Å². The molecule has 0 saturated carbocycles. The Kier molecular flexibility index (Phi) is 5.53. The Morgan fingerprint density at radius 2 is 2.06 bits per heavy atom. The molecule has 1 saturated heterocycles. The number of hydrogen-bond donors (Lipinski definition) is 1. The van der Waals surface area contributed by atoms with Crippen molar-refractivity contribution in [1.29, 1.82) is 0 Å². The summed E-state index contributed by atoms with van der Waals surface area (Å²) in [4.78, 5) is 0. The monoisotopic (exact) mass is 233 g/mol. The molecule has 1 aromatic rings. The average molecular weight is 233 g/mol. The quantitative estimate of drug-likeness (QED) is 0.763. The predicted molar refractivity (Wildman–Crippen MR) is 71.2 cm³/mol. The van der Waals surface area contributed by atoms with Crippen LogP contribution in [0.25, 0.3) is 0 Å². The van der Waals surface area contributed by atoms with Gasteiger partial charge in [0.25, 0.3) is 0 Å². The zero-order valence-corrected chi connectivity index (χ0v) is 10.5. The molecule has 1 N–H and O–H groups in total. The van der Waals surface area contributed by atoms with E-state index in [1.165, 1.54) is 24.8 Å². The molecular formula is C15H23NO. The number of aryl methyl sites for hydroxylation is 1. The summed E-state index contributed by atoms with van der Waals surface area (Å²) in [5, 5.41) is 3.50. The number of hydrogen-bond acceptors (Lipinski definition) is 2. The van der Waals surface area contributed by atoms with Crippen molar-refractivity contribution >= 4 is 0 Å². The molecule has 1 aromatic carbocycles. The summed E-state index contributed by atoms with van der Waals surface area (Å²) < 4.78 is 5.73. The zero-order valence-electron chi connectivity index (χ0n) is 10.5. The Morgan fingerprint density at radius 1 is 1.18 bits per heavy atom. The number of benzene rings is 1. The van der Waals surface area contributed by atoms with Gasteiger partial charge in [0.1, 0.15) is 0 Å². The number of piperidine rings is 1. The summed E-state index contributed by atoms with van der Waals surface area (Å²) in [6, 6.07) is 11.2. The molecule has 0 bridgehead atoms. The van der Waals surface area contributed by atoms with Gasteiger partial charge >= 0.3 is 0 Å². The second kappa shape index (κ2) is 7.46. The van der Waals surface area contributed by atoms with E-state index in [1.807, 2.05) is 0 Å². The van der Waals surface area contributed by atoms with E-state index in [2.05, 4.69) is 35.6 Å². The van der Waals surface area contributed by atoms with Crippen LogP contribution in [0.4, 0.5) is 0 Å². The first kappa shape index (κ1) is 12.6. The van der Waals surface area contributed by atoms with Crippen molar-refractivity contribution < 1.29 is 4.74 Å². The van der Waals surface area contributed by atoms with Crippen molar-refractivity contribution in [2.45, 2.75) is 38.1 Å². The minimum atomic E-state index is 0.598. The molecule has 2 nitrogen and oxygen atoms in total. The maximum absolute atomic E-state index is 5.73. The predicted octanol–water partition coefficient (Wildman–Crippen LogP) is 2.78.